The molecule has 0 aliphatic carbocycles. The Kier molecular flexibility index (Phi) is 10.2. The van der Waals surface area contributed by atoms with E-state index in [2.05, 4.69) is 20.9 Å². The van der Waals surface area contributed by atoms with Gasteiger partial charge in [-0.1, -0.05) is 18.2 Å². The molecule has 0 fully saturated rings. The lowest BCUT2D eigenvalue weighted by molar-refractivity contribution is -0.121. The monoisotopic (exact) mass is 570 g/mol. The van der Waals surface area contributed by atoms with Gasteiger partial charge in [0.15, 0.2) is 17.5 Å². The van der Waals surface area contributed by atoms with Crippen LogP contribution in [-0.2, 0) is 11.2 Å². The molecule has 33 heavy (non-hydrogen) atoms. The minimum atomic E-state index is -0.340. The van der Waals surface area contributed by atoms with Crippen LogP contribution in [0.2, 0.25) is 0 Å². The van der Waals surface area contributed by atoms with E-state index >= 15 is 0 Å². The number of carbonyl (C=O) groups excluding carboxylic acids is 1. The number of benzene rings is 2. The second-order valence-electron chi connectivity index (χ2n) is 8.57. The van der Waals surface area contributed by atoms with Crippen molar-refractivity contribution in [3.05, 3.63) is 53.8 Å². The predicted octanol–water partition coefficient (Wildman–Crippen LogP) is 4.12. The molecule has 0 saturated carbocycles. The molecule has 9 heteroatoms. The molecule has 0 bridgehead atoms. The minimum Gasteiger partial charge on any atom is -0.490 e. The molecular formula is C24H32FIN4O3. The lowest BCUT2D eigenvalue weighted by Crippen LogP contribution is -2.42. The van der Waals surface area contributed by atoms with E-state index in [1.54, 1.807) is 18.2 Å². The largest absolute Gasteiger partial charge is 0.490 e. The highest BCUT2D eigenvalue weighted by molar-refractivity contribution is 14.0. The van der Waals surface area contributed by atoms with Gasteiger partial charge in [-0.25, -0.2) is 9.38 Å². The minimum absolute atomic E-state index is 0. The van der Waals surface area contributed by atoms with Crippen LogP contribution in [0.15, 0.2) is 47.5 Å². The third-order valence-electron chi connectivity index (χ3n) is 4.55. The van der Waals surface area contributed by atoms with Gasteiger partial charge in [-0.3, -0.25) is 4.79 Å². The highest BCUT2D eigenvalue weighted by Gasteiger charge is 2.14. The normalized spacial score (nSPS) is 13.4. The number of hydrogen-bond donors (Lipinski definition) is 3. The molecule has 1 heterocycles. The molecule has 1 aliphatic heterocycles. The molecular weight excluding hydrogens is 538 g/mol. The Bertz CT molecular complexity index is 963. The van der Waals surface area contributed by atoms with Crippen molar-refractivity contribution in [3.8, 4) is 11.5 Å². The molecule has 0 unspecified atom stereocenters. The van der Waals surface area contributed by atoms with Gasteiger partial charge in [-0.05, 0) is 51.0 Å². The number of anilines is 1. The van der Waals surface area contributed by atoms with Crippen molar-refractivity contribution in [2.75, 3.05) is 31.6 Å². The highest BCUT2D eigenvalue weighted by Crippen LogP contribution is 2.32. The summed E-state index contributed by atoms with van der Waals surface area (Å²) in [6, 6.07) is 12.2. The van der Waals surface area contributed by atoms with Gasteiger partial charge in [0.1, 0.15) is 12.4 Å². The summed E-state index contributed by atoms with van der Waals surface area (Å²) in [7, 11) is 0. The lowest BCUT2D eigenvalue weighted by atomic mass is 10.1. The van der Waals surface area contributed by atoms with Gasteiger partial charge < -0.3 is 25.4 Å². The maximum absolute atomic E-state index is 13.9. The van der Waals surface area contributed by atoms with E-state index in [0.29, 0.717) is 49.2 Å². The second-order valence-corrected chi connectivity index (χ2v) is 8.57. The first-order valence-corrected chi connectivity index (χ1v) is 10.8. The molecule has 1 amide bonds. The van der Waals surface area contributed by atoms with E-state index in [4.69, 9.17) is 9.47 Å². The first-order chi connectivity index (χ1) is 15.3. The molecule has 1 aliphatic rings. The number of fused-ring (bicyclic) bond motifs is 1. The van der Waals surface area contributed by atoms with Gasteiger partial charge in [0, 0.05) is 30.3 Å². The predicted molar refractivity (Wildman–Crippen MR) is 139 cm³/mol. The van der Waals surface area contributed by atoms with Gasteiger partial charge in [-0.15, -0.1) is 24.0 Å². The number of guanidine groups is 1. The van der Waals surface area contributed by atoms with Crippen LogP contribution >= 0.6 is 24.0 Å². The summed E-state index contributed by atoms with van der Waals surface area (Å²) in [5, 5.41) is 9.26. The van der Waals surface area contributed by atoms with Gasteiger partial charge in [0.2, 0.25) is 5.91 Å². The number of ether oxygens (including phenoxy) is 2. The fourth-order valence-electron chi connectivity index (χ4n) is 3.14. The van der Waals surface area contributed by atoms with Crippen molar-refractivity contribution in [1.82, 2.24) is 10.6 Å². The van der Waals surface area contributed by atoms with Crippen LogP contribution < -0.4 is 25.4 Å². The van der Waals surface area contributed by atoms with Crippen molar-refractivity contribution in [3.63, 3.8) is 0 Å². The average Bonchev–Trinajstić information content (AvgIpc) is 2.97. The Balaban J connectivity index is 0.00000385. The zero-order valence-electron chi connectivity index (χ0n) is 19.2. The fraction of sp³-hybridized carbons (Fsp3) is 0.417. The van der Waals surface area contributed by atoms with E-state index in [0.717, 1.165) is 12.1 Å². The van der Waals surface area contributed by atoms with Crippen LogP contribution in [0.1, 0.15) is 32.8 Å². The van der Waals surface area contributed by atoms with Crippen LogP contribution in [0.5, 0.6) is 11.5 Å². The third kappa shape index (κ3) is 9.07. The van der Waals surface area contributed by atoms with Crippen LogP contribution in [0.3, 0.4) is 0 Å². The molecule has 3 rings (SSSR count). The molecule has 0 aromatic heterocycles. The third-order valence-corrected chi connectivity index (χ3v) is 4.55. The number of aliphatic imine (C=N–C) groups is 1. The van der Waals surface area contributed by atoms with Crippen molar-refractivity contribution < 1.29 is 18.7 Å². The Morgan fingerprint density at radius 3 is 2.55 bits per heavy atom. The Morgan fingerprint density at radius 2 is 1.82 bits per heavy atom. The van der Waals surface area contributed by atoms with E-state index < -0.39 is 0 Å². The fourth-order valence-corrected chi connectivity index (χ4v) is 3.14. The molecule has 180 valence electrons. The quantitative estimate of drug-likeness (QED) is 0.277. The summed E-state index contributed by atoms with van der Waals surface area (Å²) in [5.74, 6) is 1.34. The maximum atomic E-state index is 13.9. The standard InChI is InChI=1S/C24H31FN4O3.HI/c1-24(2,3)29-22(30)16-27-23(26-12-11-17-7-4-5-8-19(17)25)28-18-9-10-20-21(15-18)32-14-6-13-31-20;/h4-5,7-10,15H,6,11-14,16H2,1-3H3,(H,29,30)(H2,26,27,28);1H. The topological polar surface area (TPSA) is 84.0 Å². The maximum Gasteiger partial charge on any atom is 0.242 e. The number of hydrogen-bond acceptors (Lipinski definition) is 4. The van der Waals surface area contributed by atoms with Crippen molar-refractivity contribution >= 4 is 41.5 Å². The van der Waals surface area contributed by atoms with Gasteiger partial charge in [0.05, 0.1) is 13.2 Å². The molecule has 0 saturated heterocycles. The molecule has 7 nitrogen and oxygen atoms in total. The van der Waals surface area contributed by atoms with E-state index in [1.807, 2.05) is 39.0 Å². The molecule has 3 N–H and O–H groups in total. The number of nitrogens with one attached hydrogen (secondary N) is 3. The molecule has 0 spiro atoms. The molecule has 0 radical (unpaired) electrons. The number of halogens is 2. The van der Waals surface area contributed by atoms with Crippen LogP contribution in [-0.4, -0.2) is 43.7 Å². The first kappa shape index (κ1) is 26.7. The number of rotatable bonds is 6. The second kappa shape index (κ2) is 12.6. The Labute approximate surface area is 211 Å². The van der Waals surface area contributed by atoms with Crippen LogP contribution in [0.4, 0.5) is 10.1 Å². The summed E-state index contributed by atoms with van der Waals surface area (Å²) in [5.41, 5.74) is 1.01. The Morgan fingerprint density at radius 1 is 1.09 bits per heavy atom. The number of carbonyl (C=O) groups is 1. The van der Waals surface area contributed by atoms with Gasteiger partial charge >= 0.3 is 0 Å². The zero-order chi connectivity index (χ0) is 23.0. The first-order valence-electron chi connectivity index (χ1n) is 10.8. The highest BCUT2D eigenvalue weighted by atomic mass is 127. The van der Waals surface area contributed by atoms with Crippen molar-refractivity contribution in [1.29, 1.82) is 0 Å². The summed E-state index contributed by atoms with van der Waals surface area (Å²) in [6.07, 6.45) is 1.30. The Hall–Kier alpha value is -2.56. The smallest absolute Gasteiger partial charge is 0.242 e. The number of amides is 1. The van der Waals surface area contributed by atoms with Gasteiger partial charge in [-0.2, -0.15) is 0 Å². The van der Waals surface area contributed by atoms with Gasteiger partial charge in [0.25, 0.3) is 0 Å². The van der Waals surface area contributed by atoms with E-state index in [9.17, 15) is 9.18 Å². The van der Waals surface area contributed by atoms with Crippen molar-refractivity contribution in [2.24, 2.45) is 4.99 Å². The lowest BCUT2D eigenvalue weighted by Gasteiger charge is -2.20. The summed E-state index contributed by atoms with van der Waals surface area (Å²) in [6.45, 7) is 7.35. The SMILES string of the molecule is CC(C)(C)NC(=O)CN=C(NCCc1ccccc1F)Nc1ccc2c(c1)OCCCO2.I. The van der Waals surface area contributed by atoms with Crippen molar-refractivity contribution in [2.45, 2.75) is 39.2 Å². The molecule has 2 aromatic carbocycles. The summed E-state index contributed by atoms with van der Waals surface area (Å²) >= 11 is 0. The molecule has 0 atom stereocenters. The number of nitrogens with zero attached hydrogens (tertiary/aromatic N) is 1. The molecule has 2 aromatic rings. The summed E-state index contributed by atoms with van der Waals surface area (Å²) in [4.78, 5) is 16.6. The van der Waals surface area contributed by atoms with E-state index in [-0.39, 0.29) is 47.8 Å². The van der Waals surface area contributed by atoms with Crippen LogP contribution in [0, 0.1) is 5.82 Å². The summed E-state index contributed by atoms with van der Waals surface area (Å²) < 4.78 is 25.3. The van der Waals surface area contributed by atoms with Crippen LogP contribution in [0.25, 0.3) is 0 Å². The average molecular weight is 570 g/mol. The van der Waals surface area contributed by atoms with E-state index in [1.165, 1.54) is 6.07 Å². The zero-order valence-corrected chi connectivity index (χ0v) is 21.6.